The van der Waals surface area contributed by atoms with Crippen molar-refractivity contribution >= 4 is 11.6 Å². The molecule has 2 N–H and O–H groups in total. The molecule has 2 rings (SSSR count). The monoisotopic (exact) mass is 287 g/mol. The molecule has 1 heterocycles. The first-order valence-electron chi connectivity index (χ1n) is 6.47. The predicted octanol–water partition coefficient (Wildman–Crippen LogP) is 2.73. The van der Waals surface area contributed by atoms with Gasteiger partial charge in [-0.15, -0.1) is 0 Å². The van der Waals surface area contributed by atoms with E-state index in [1.54, 1.807) is 6.07 Å². The summed E-state index contributed by atoms with van der Waals surface area (Å²) < 4.78 is 38.2. The minimum Gasteiger partial charge on any atom is -0.384 e. The van der Waals surface area contributed by atoms with E-state index < -0.39 is 17.6 Å². The Morgan fingerprint density at radius 2 is 2.10 bits per heavy atom. The van der Waals surface area contributed by atoms with Crippen LogP contribution in [0.2, 0.25) is 0 Å². The standard InChI is InChI=1S/C13H16F3N3O/c1-2-7-17-9-3-4-10(18-8-9)11(20)19-12(5-6-12)13(14,15)16/h3-4,8,17H,2,5-7H2,1H3,(H,19,20). The number of alkyl halides is 3. The molecule has 20 heavy (non-hydrogen) atoms. The van der Waals surface area contributed by atoms with Crippen LogP contribution in [-0.4, -0.2) is 29.2 Å². The Kier molecular flexibility index (Phi) is 3.87. The van der Waals surface area contributed by atoms with Gasteiger partial charge in [-0.05, 0) is 31.4 Å². The normalized spacial score (nSPS) is 16.6. The lowest BCUT2D eigenvalue weighted by molar-refractivity contribution is -0.163. The minimum absolute atomic E-state index is 0.0115. The van der Waals surface area contributed by atoms with Crippen LogP contribution < -0.4 is 10.6 Å². The fourth-order valence-electron chi connectivity index (χ4n) is 1.79. The molecule has 0 radical (unpaired) electrons. The van der Waals surface area contributed by atoms with Crippen molar-refractivity contribution in [1.82, 2.24) is 10.3 Å². The van der Waals surface area contributed by atoms with Gasteiger partial charge in [0.2, 0.25) is 0 Å². The maximum absolute atomic E-state index is 12.7. The lowest BCUT2D eigenvalue weighted by atomic mass is 10.2. The van der Waals surface area contributed by atoms with Crippen LogP contribution in [0.3, 0.4) is 0 Å². The van der Waals surface area contributed by atoms with E-state index in [2.05, 4.69) is 10.3 Å². The van der Waals surface area contributed by atoms with E-state index in [9.17, 15) is 18.0 Å². The number of hydrogen-bond donors (Lipinski definition) is 2. The molecular formula is C13H16F3N3O. The van der Waals surface area contributed by atoms with Crippen LogP contribution >= 0.6 is 0 Å². The molecule has 0 aromatic carbocycles. The van der Waals surface area contributed by atoms with Gasteiger partial charge >= 0.3 is 6.18 Å². The molecule has 1 aromatic heterocycles. The Labute approximate surface area is 114 Å². The maximum atomic E-state index is 12.7. The van der Waals surface area contributed by atoms with Crippen LogP contribution in [0.1, 0.15) is 36.7 Å². The molecule has 4 nitrogen and oxygen atoms in total. The van der Waals surface area contributed by atoms with Gasteiger partial charge in [-0.3, -0.25) is 4.79 Å². The zero-order chi connectivity index (χ0) is 14.8. The SMILES string of the molecule is CCCNc1ccc(C(=O)NC2(C(F)(F)F)CC2)nc1. The van der Waals surface area contributed by atoms with Crippen molar-refractivity contribution in [2.45, 2.75) is 37.9 Å². The summed E-state index contributed by atoms with van der Waals surface area (Å²) in [7, 11) is 0. The zero-order valence-corrected chi connectivity index (χ0v) is 11.0. The fourth-order valence-corrected chi connectivity index (χ4v) is 1.79. The van der Waals surface area contributed by atoms with E-state index in [1.807, 2.05) is 12.2 Å². The molecule has 1 amide bonds. The Bertz CT molecular complexity index is 481. The minimum atomic E-state index is -4.41. The third-order valence-corrected chi connectivity index (χ3v) is 3.22. The van der Waals surface area contributed by atoms with E-state index >= 15 is 0 Å². The van der Waals surface area contributed by atoms with Gasteiger partial charge in [0.25, 0.3) is 5.91 Å². The van der Waals surface area contributed by atoms with Gasteiger partial charge in [0, 0.05) is 6.54 Å². The summed E-state index contributed by atoms with van der Waals surface area (Å²) in [4.78, 5) is 15.7. The number of nitrogens with zero attached hydrogens (tertiary/aromatic N) is 1. The van der Waals surface area contributed by atoms with Crippen molar-refractivity contribution in [3.8, 4) is 0 Å². The van der Waals surface area contributed by atoms with Crippen LogP contribution in [-0.2, 0) is 0 Å². The summed E-state index contributed by atoms with van der Waals surface area (Å²) in [5.74, 6) is -0.790. The van der Waals surface area contributed by atoms with Crippen LogP contribution in [0.4, 0.5) is 18.9 Å². The first-order valence-corrected chi connectivity index (χ1v) is 6.47. The highest BCUT2D eigenvalue weighted by atomic mass is 19.4. The number of anilines is 1. The number of halogens is 3. The van der Waals surface area contributed by atoms with Crippen LogP contribution in [0.5, 0.6) is 0 Å². The van der Waals surface area contributed by atoms with Crippen molar-refractivity contribution in [3.05, 3.63) is 24.0 Å². The highest BCUT2D eigenvalue weighted by Gasteiger charge is 2.64. The van der Waals surface area contributed by atoms with Crippen LogP contribution in [0.15, 0.2) is 18.3 Å². The van der Waals surface area contributed by atoms with Gasteiger partial charge in [0.15, 0.2) is 0 Å². The summed E-state index contributed by atoms with van der Waals surface area (Å²) in [6, 6.07) is 3.05. The van der Waals surface area contributed by atoms with E-state index in [-0.39, 0.29) is 18.5 Å². The first kappa shape index (κ1) is 14.6. The first-order chi connectivity index (χ1) is 9.38. The second-order valence-electron chi connectivity index (χ2n) is 4.89. The van der Waals surface area contributed by atoms with Gasteiger partial charge in [-0.1, -0.05) is 6.92 Å². The summed E-state index contributed by atoms with van der Waals surface area (Å²) in [5, 5.41) is 5.11. The molecule has 1 fully saturated rings. The molecule has 0 aliphatic heterocycles. The number of nitrogens with one attached hydrogen (secondary N) is 2. The Balaban J connectivity index is 2.00. The number of rotatable bonds is 5. The second-order valence-corrected chi connectivity index (χ2v) is 4.89. The van der Waals surface area contributed by atoms with Crippen molar-refractivity contribution < 1.29 is 18.0 Å². The zero-order valence-electron chi connectivity index (χ0n) is 11.0. The van der Waals surface area contributed by atoms with Crippen molar-refractivity contribution in [2.75, 3.05) is 11.9 Å². The van der Waals surface area contributed by atoms with Gasteiger partial charge < -0.3 is 10.6 Å². The number of amides is 1. The number of pyridine rings is 1. The van der Waals surface area contributed by atoms with E-state index in [4.69, 9.17) is 0 Å². The fraction of sp³-hybridized carbons (Fsp3) is 0.538. The van der Waals surface area contributed by atoms with E-state index in [1.165, 1.54) is 12.3 Å². The Morgan fingerprint density at radius 3 is 2.55 bits per heavy atom. The summed E-state index contributed by atoms with van der Waals surface area (Å²) in [6.07, 6.45) is -2.17. The third kappa shape index (κ3) is 3.02. The molecule has 0 bridgehead atoms. The van der Waals surface area contributed by atoms with Crippen molar-refractivity contribution in [1.29, 1.82) is 0 Å². The van der Waals surface area contributed by atoms with Crippen molar-refractivity contribution in [2.24, 2.45) is 0 Å². The molecule has 1 saturated carbocycles. The summed E-state index contributed by atoms with van der Waals surface area (Å²) in [5.41, 5.74) is -1.33. The third-order valence-electron chi connectivity index (χ3n) is 3.22. The molecule has 0 atom stereocenters. The lowest BCUT2D eigenvalue weighted by Gasteiger charge is -2.20. The van der Waals surface area contributed by atoms with Crippen molar-refractivity contribution in [3.63, 3.8) is 0 Å². The molecular weight excluding hydrogens is 271 g/mol. The topological polar surface area (TPSA) is 54.0 Å². The maximum Gasteiger partial charge on any atom is 0.411 e. The lowest BCUT2D eigenvalue weighted by Crippen LogP contribution is -2.48. The van der Waals surface area contributed by atoms with Gasteiger partial charge in [-0.25, -0.2) is 4.98 Å². The number of aromatic nitrogens is 1. The molecule has 0 saturated heterocycles. The number of carbonyl (C=O) groups excluding carboxylic acids is 1. The van der Waals surface area contributed by atoms with Gasteiger partial charge in [0.05, 0.1) is 11.9 Å². The highest BCUT2D eigenvalue weighted by molar-refractivity contribution is 5.93. The van der Waals surface area contributed by atoms with Crippen LogP contribution in [0.25, 0.3) is 0 Å². The molecule has 0 unspecified atom stereocenters. The smallest absolute Gasteiger partial charge is 0.384 e. The summed E-state index contributed by atoms with van der Waals surface area (Å²) in [6.45, 7) is 2.78. The second kappa shape index (κ2) is 5.30. The molecule has 1 aliphatic carbocycles. The van der Waals surface area contributed by atoms with Gasteiger partial charge in [-0.2, -0.15) is 13.2 Å². The highest BCUT2D eigenvalue weighted by Crippen LogP contribution is 2.48. The van der Waals surface area contributed by atoms with Gasteiger partial charge in [0.1, 0.15) is 11.2 Å². The quantitative estimate of drug-likeness (QED) is 0.875. The van der Waals surface area contributed by atoms with Crippen LogP contribution in [0, 0.1) is 0 Å². The molecule has 7 heteroatoms. The molecule has 1 aromatic rings. The molecule has 110 valence electrons. The number of carbonyl (C=O) groups is 1. The summed E-state index contributed by atoms with van der Waals surface area (Å²) >= 11 is 0. The molecule has 1 aliphatic rings. The molecule has 0 spiro atoms. The predicted molar refractivity (Wildman–Crippen MR) is 68.5 cm³/mol. The Hall–Kier alpha value is -1.79. The largest absolute Gasteiger partial charge is 0.411 e. The van der Waals surface area contributed by atoms with E-state index in [0.717, 1.165) is 18.7 Å². The average molecular weight is 287 g/mol. The van der Waals surface area contributed by atoms with E-state index in [0.29, 0.717) is 0 Å². The Morgan fingerprint density at radius 1 is 1.40 bits per heavy atom. The number of hydrogen-bond acceptors (Lipinski definition) is 3. The average Bonchev–Trinajstić information content (AvgIpc) is 3.17.